The fraction of sp³-hybridized carbons (Fsp3) is 0.895. The number of amides is 1. The average molecular weight is 352 g/mol. The number of aliphatic imine (C=N–C) groups is 1. The van der Waals surface area contributed by atoms with E-state index < -0.39 is 0 Å². The maximum Gasteiger partial charge on any atom is 0.225 e. The first-order valence-corrected chi connectivity index (χ1v) is 10.2. The zero-order valence-corrected chi connectivity index (χ0v) is 16.4. The molecule has 0 aromatic carbocycles. The van der Waals surface area contributed by atoms with E-state index in [1.165, 1.54) is 38.9 Å². The lowest BCUT2D eigenvalue weighted by molar-refractivity contribution is -0.133. The van der Waals surface area contributed by atoms with Crippen LogP contribution in [0.15, 0.2) is 4.99 Å². The second-order valence-electron chi connectivity index (χ2n) is 7.59. The molecule has 0 aromatic heterocycles. The first-order chi connectivity index (χ1) is 12.1. The van der Waals surface area contributed by atoms with E-state index >= 15 is 0 Å². The van der Waals surface area contributed by atoms with E-state index in [2.05, 4.69) is 22.5 Å². The molecular formula is C19H37N5O. The van der Waals surface area contributed by atoms with Gasteiger partial charge in [0.1, 0.15) is 0 Å². The van der Waals surface area contributed by atoms with Gasteiger partial charge < -0.3 is 20.4 Å². The number of guanidine groups is 1. The fourth-order valence-electron chi connectivity index (χ4n) is 3.60. The van der Waals surface area contributed by atoms with Crippen molar-refractivity contribution >= 4 is 11.9 Å². The van der Waals surface area contributed by atoms with Crippen LogP contribution in [0.2, 0.25) is 0 Å². The molecule has 0 spiro atoms. The summed E-state index contributed by atoms with van der Waals surface area (Å²) >= 11 is 0. The number of unbranched alkanes of at least 4 members (excludes halogenated alkanes) is 1. The minimum Gasteiger partial charge on any atom is -0.357 e. The van der Waals surface area contributed by atoms with Gasteiger partial charge in [0.2, 0.25) is 5.91 Å². The quantitative estimate of drug-likeness (QED) is 0.397. The number of hydrogen-bond donors (Lipinski definition) is 2. The molecule has 1 atom stereocenters. The highest BCUT2D eigenvalue weighted by Crippen LogP contribution is 2.13. The first-order valence-electron chi connectivity index (χ1n) is 10.2. The standard InChI is InChI=1S/C19H37N5O/c1-4-20-19(21-10-5-6-11-23-12-7-8-13-23)22-17-9-14-24(15-17)18(25)16(2)3/h16-17H,4-15H2,1-3H3,(H2,20,21,22). The second kappa shape index (κ2) is 10.6. The molecule has 2 aliphatic rings. The molecule has 1 unspecified atom stereocenters. The summed E-state index contributed by atoms with van der Waals surface area (Å²) in [7, 11) is 0. The molecule has 144 valence electrons. The lowest BCUT2D eigenvalue weighted by Gasteiger charge is -2.20. The van der Waals surface area contributed by atoms with Crippen molar-refractivity contribution in [2.45, 2.75) is 58.9 Å². The highest BCUT2D eigenvalue weighted by atomic mass is 16.2. The van der Waals surface area contributed by atoms with Gasteiger partial charge in [0.15, 0.2) is 5.96 Å². The van der Waals surface area contributed by atoms with Gasteiger partial charge in [-0.3, -0.25) is 9.79 Å². The molecule has 2 fully saturated rings. The zero-order chi connectivity index (χ0) is 18.1. The van der Waals surface area contributed by atoms with Crippen molar-refractivity contribution in [1.29, 1.82) is 0 Å². The van der Waals surface area contributed by atoms with Crippen molar-refractivity contribution in [1.82, 2.24) is 20.4 Å². The predicted molar refractivity (Wildman–Crippen MR) is 104 cm³/mol. The Morgan fingerprint density at radius 1 is 1.20 bits per heavy atom. The smallest absolute Gasteiger partial charge is 0.225 e. The van der Waals surface area contributed by atoms with E-state index in [1.54, 1.807) is 0 Å². The molecule has 0 saturated carbocycles. The van der Waals surface area contributed by atoms with Gasteiger partial charge >= 0.3 is 0 Å². The number of hydrogen-bond acceptors (Lipinski definition) is 3. The predicted octanol–water partition coefficient (Wildman–Crippen LogP) is 1.67. The Balaban J connectivity index is 1.69. The summed E-state index contributed by atoms with van der Waals surface area (Å²) in [6.07, 6.45) is 6.09. The topological polar surface area (TPSA) is 60.0 Å². The van der Waals surface area contributed by atoms with Crippen molar-refractivity contribution in [3.8, 4) is 0 Å². The van der Waals surface area contributed by atoms with Gasteiger partial charge in [-0.05, 0) is 58.7 Å². The molecule has 6 heteroatoms. The molecule has 2 heterocycles. The maximum absolute atomic E-state index is 12.1. The van der Waals surface area contributed by atoms with Gasteiger partial charge in [-0.15, -0.1) is 0 Å². The molecular weight excluding hydrogens is 314 g/mol. The first kappa shape index (κ1) is 20.0. The number of carbonyl (C=O) groups is 1. The third-order valence-electron chi connectivity index (χ3n) is 5.03. The van der Waals surface area contributed by atoms with Gasteiger partial charge in [0.25, 0.3) is 0 Å². The maximum atomic E-state index is 12.1. The van der Waals surface area contributed by atoms with Crippen LogP contribution >= 0.6 is 0 Å². The van der Waals surface area contributed by atoms with Crippen LogP contribution in [0.3, 0.4) is 0 Å². The van der Waals surface area contributed by atoms with Crippen molar-refractivity contribution < 1.29 is 4.79 Å². The van der Waals surface area contributed by atoms with Crippen molar-refractivity contribution in [2.24, 2.45) is 10.9 Å². The number of rotatable bonds is 8. The Hall–Kier alpha value is -1.30. The molecule has 0 bridgehead atoms. The highest BCUT2D eigenvalue weighted by Gasteiger charge is 2.27. The van der Waals surface area contributed by atoms with Crippen LogP contribution in [0, 0.1) is 5.92 Å². The summed E-state index contributed by atoms with van der Waals surface area (Å²) in [6.45, 7) is 13.2. The van der Waals surface area contributed by atoms with Gasteiger partial charge in [0, 0.05) is 38.1 Å². The Morgan fingerprint density at radius 3 is 2.64 bits per heavy atom. The summed E-state index contributed by atoms with van der Waals surface area (Å²) in [5.74, 6) is 1.23. The normalized spacial score (nSPS) is 22.0. The SMILES string of the molecule is CCNC(=NCCCCN1CCCC1)NC1CCN(C(=O)C(C)C)C1. The Kier molecular flexibility index (Phi) is 8.52. The molecule has 2 rings (SSSR count). The molecule has 0 aromatic rings. The third-order valence-corrected chi connectivity index (χ3v) is 5.03. The zero-order valence-electron chi connectivity index (χ0n) is 16.4. The molecule has 6 nitrogen and oxygen atoms in total. The molecule has 0 radical (unpaired) electrons. The van der Waals surface area contributed by atoms with E-state index in [0.717, 1.165) is 45.0 Å². The molecule has 2 N–H and O–H groups in total. The monoisotopic (exact) mass is 351 g/mol. The van der Waals surface area contributed by atoms with Crippen LogP contribution in [0.1, 0.15) is 52.9 Å². The Labute approximate surface area is 153 Å². The third kappa shape index (κ3) is 6.84. The Bertz CT molecular complexity index is 432. The number of nitrogens with one attached hydrogen (secondary N) is 2. The molecule has 2 aliphatic heterocycles. The lowest BCUT2D eigenvalue weighted by atomic mass is 10.2. The van der Waals surface area contributed by atoms with Crippen LogP contribution in [0.5, 0.6) is 0 Å². The second-order valence-corrected chi connectivity index (χ2v) is 7.59. The van der Waals surface area contributed by atoms with Crippen molar-refractivity contribution in [2.75, 3.05) is 45.8 Å². The van der Waals surface area contributed by atoms with Crippen LogP contribution in [0.4, 0.5) is 0 Å². The van der Waals surface area contributed by atoms with E-state index in [1.807, 2.05) is 18.7 Å². The summed E-state index contributed by atoms with van der Waals surface area (Å²) in [6, 6.07) is 0.310. The van der Waals surface area contributed by atoms with Crippen LogP contribution in [-0.2, 0) is 4.79 Å². The highest BCUT2D eigenvalue weighted by molar-refractivity contribution is 5.81. The van der Waals surface area contributed by atoms with E-state index in [-0.39, 0.29) is 11.8 Å². The minimum atomic E-state index is 0.0799. The number of likely N-dealkylation sites (tertiary alicyclic amines) is 2. The number of carbonyl (C=O) groups excluding carboxylic acids is 1. The average Bonchev–Trinajstić information content (AvgIpc) is 3.25. The molecule has 2 saturated heterocycles. The van der Waals surface area contributed by atoms with Crippen molar-refractivity contribution in [3.63, 3.8) is 0 Å². The minimum absolute atomic E-state index is 0.0799. The van der Waals surface area contributed by atoms with E-state index in [9.17, 15) is 4.79 Å². The van der Waals surface area contributed by atoms with Gasteiger partial charge in [-0.1, -0.05) is 13.8 Å². The van der Waals surface area contributed by atoms with Gasteiger partial charge in [0.05, 0.1) is 0 Å². The fourth-order valence-corrected chi connectivity index (χ4v) is 3.60. The van der Waals surface area contributed by atoms with E-state index in [4.69, 9.17) is 4.99 Å². The number of nitrogens with zero attached hydrogens (tertiary/aromatic N) is 3. The summed E-state index contributed by atoms with van der Waals surface area (Å²) in [5, 5.41) is 6.84. The van der Waals surface area contributed by atoms with E-state index in [0.29, 0.717) is 6.04 Å². The largest absolute Gasteiger partial charge is 0.357 e. The van der Waals surface area contributed by atoms with Crippen LogP contribution in [0.25, 0.3) is 0 Å². The molecule has 25 heavy (non-hydrogen) atoms. The lowest BCUT2D eigenvalue weighted by Crippen LogP contribution is -2.45. The summed E-state index contributed by atoms with van der Waals surface area (Å²) in [5.41, 5.74) is 0. The van der Waals surface area contributed by atoms with Gasteiger partial charge in [-0.2, -0.15) is 0 Å². The van der Waals surface area contributed by atoms with Crippen LogP contribution < -0.4 is 10.6 Å². The van der Waals surface area contributed by atoms with Crippen LogP contribution in [-0.4, -0.2) is 73.5 Å². The van der Waals surface area contributed by atoms with Gasteiger partial charge in [-0.25, -0.2) is 0 Å². The summed E-state index contributed by atoms with van der Waals surface area (Å²) < 4.78 is 0. The molecule has 0 aliphatic carbocycles. The summed E-state index contributed by atoms with van der Waals surface area (Å²) in [4.78, 5) is 21.4. The Morgan fingerprint density at radius 2 is 1.96 bits per heavy atom. The van der Waals surface area contributed by atoms with Crippen molar-refractivity contribution in [3.05, 3.63) is 0 Å². The molecule has 1 amide bonds.